The molecule has 0 aliphatic rings. The van der Waals surface area contributed by atoms with Crippen LogP contribution in [0.15, 0.2) is 22.7 Å². The molecule has 0 fully saturated rings. The van der Waals surface area contributed by atoms with Crippen LogP contribution in [0.1, 0.15) is 18.9 Å². The molecule has 0 aliphatic heterocycles. The summed E-state index contributed by atoms with van der Waals surface area (Å²) >= 11 is 3.19. The molecule has 0 N–H and O–H groups in total. The van der Waals surface area contributed by atoms with E-state index in [-0.39, 0.29) is 11.3 Å². The number of benzene rings is 1. The molecule has 1 rings (SSSR count). The molecule has 0 amide bonds. The SMILES string of the molecule is CCOc1cc(Br)ccc1C(F)F. The minimum Gasteiger partial charge on any atom is -0.493 e. The van der Waals surface area contributed by atoms with Gasteiger partial charge in [-0.1, -0.05) is 15.9 Å². The highest BCUT2D eigenvalue weighted by molar-refractivity contribution is 9.10. The molecule has 0 heterocycles. The third kappa shape index (κ3) is 2.66. The van der Waals surface area contributed by atoms with Crippen molar-refractivity contribution in [3.63, 3.8) is 0 Å². The summed E-state index contributed by atoms with van der Waals surface area (Å²) in [6.07, 6.45) is -2.49. The smallest absolute Gasteiger partial charge is 0.267 e. The van der Waals surface area contributed by atoms with Crippen LogP contribution in [0.5, 0.6) is 5.75 Å². The van der Waals surface area contributed by atoms with Gasteiger partial charge in [0.25, 0.3) is 6.43 Å². The molecule has 1 aromatic carbocycles. The zero-order valence-corrected chi connectivity index (χ0v) is 8.64. The Morgan fingerprint density at radius 2 is 2.15 bits per heavy atom. The normalized spacial score (nSPS) is 10.5. The lowest BCUT2D eigenvalue weighted by atomic mass is 10.2. The first-order valence-electron chi connectivity index (χ1n) is 3.85. The predicted molar refractivity (Wildman–Crippen MR) is 50.3 cm³/mol. The van der Waals surface area contributed by atoms with E-state index >= 15 is 0 Å². The molecule has 0 saturated heterocycles. The van der Waals surface area contributed by atoms with Crippen LogP contribution in [-0.4, -0.2) is 6.61 Å². The predicted octanol–water partition coefficient (Wildman–Crippen LogP) is 3.79. The maximum atomic E-state index is 12.4. The molecule has 0 bridgehead atoms. The Bertz CT molecular complexity index is 289. The van der Waals surface area contributed by atoms with Gasteiger partial charge in [0.05, 0.1) is 12.2 Å². The van der Waals surface area contributed by atoms with Gasteiger partial charge in [-0.05, 0) is 25.1 Å². The first kappa shape index (κ1) is 10.4. The number of rotatable bonds is 3. The van der Waals surface area contributed by atoms with Crippen molar-refractivity contribution in [3.8, 4) is 5.75 Å². The molecule has 0 saturated carbocycles. The lowest BCUT2D eigenvalue weighted by molar-refractivity contribution is 0.145. The first-order chi connectivity index (χ1) is 6.15. The molecule has 1 nitrogen and oxygen atoms in total. The number of ether oxygens (including phenoxy) is 1. The average molecular weight is 251 g/mol. The van der Waals surface area contributed by atoms with Gasteiger partial charge in [-0.25, -0.2) is 8.78 Å². The summed E-state index contributed by atoms with van der Waals surface area (Å²) in [5, 5.41) is 0. The van der Waals surface area contributed by atoms with Crippen LogP contribution in [0.25, 0.3) is 0 Å². The molecule has 0 radical (unpaired) electrons. The van der Waals surface area contributed by atoms with Crippen molar-refractivity contribution in [2.45, 2.75) is 13.3 Å². The Morgan fingerprint density at radius 3 is 2.69 bits per heavy atom. The Kier molecular flexibility index (Phi) is 3.66. The lowest BCUT2D eigenvalue weighted by Crippen LogP contribution is -1.96. The van der Waals surface area contributed by atoms with Gasteiger partial charge in [-0.15, -0.1) is 0 Å². The average Bonchev–Trinajstić information content (AvgIpc) is 2.04. The Hall–Kier alpha value is -0.640. The maximum Gasteiger partial charge on any atom is 0.267 e. The number of hydrogen-bond donors (Lipinski definition) is 0. The van der Waals surface area contributed by atoms with E-state index in [1.54, 1.807) is 19.1 Å². The second kappa shape index (κ2) is 4.56. The summed E-state index contributed by atoms with van der Waals surface area (Å²) in [5.74, 6) is 0.242. The fourth-order valence-electron chi connectivity index (χ4n) is 0.969. The number of hydrogen-bond acceptors (Lipinski definition) is 1. The fraction of sp³-hybridized carbons (Fsp3) is 0.333. The molecule has 0 atom stereocenters. The van der Waals surface area contributed by atoms with Gasteiger partial charge in [0.15, 0.2) is 0 Å². The first-order valence-corrected chi connectivity index (χ1v) is 4.65. The van der Waals surface area contributed by atoms with Crippen LogP contribution in [-0.2, 0) is 0 Å². The van der Waals surface area contributed by atoms with E-state index < -0.39 is 6.43 Å². The van der Waals surface area contributed by atoms with Crippen molar-refractivity contribution < 1.29 is 13.5 Å². The Labute approximate surface area is 83.8 Å². The molecule has 4 heteroatoms. The summed E-state index contributed by atoms with van der Waals surface area (Å²) in [6, 6.07) is 4.48. The van der Waals surface area contributed by atoms with Gasteiger partial charge in [0, 0.05) is 4.47 Å². The third-order valence-corrected chi connectivity index (χ3v) is 2.00. The summed E-state index contributed by atoms with van der Waals surface area (Å²) in [4.78, 5) is 0. The van der Waals surface area contributed by atoms with Crippen molar-refractivity contribution >= 4 is 15.9 Å². The maximum absolute atomic E-state index is 12.4. The lowest BCUT2D eigenvalue weighted by Gasteiger charge is -2.09. The van der Waals surface area contributed by atoms with Crippen LogP contribution >= 0.6 is 15.9 Å². The quantitative estimate of drug-likeness (QED) is 0.794. The molecular weight excluding hydrogens is 242 g/mol. The summed E-state index contributed by atoms with van der Waals surface area (Å²) in [6.45, 7) is 2.15. The van der Waals surface area contributed by atoms with Crippen molar-refractivity contribution in [1.29, 1.82) is 0 Å². The molecule has 0 aromatic heterocycles. The van der Waals surface area contributed by atoms with Crippen molar-refractivity contribution in [2.24, 2.45) is 0 Å². The van der Waals surface area contributed by atoms with Gasteiger partial charge in [-0.2, -0.15) is 0 Å². The highest BCUT2D eigenvalue weighted by Gasteiger charge is 2.13. The van der Waals surface area contributed by atoms with E-state index in [0.29, 0.717) is 6.61 Å². The third-order valence-electron chi connectivity index (χ3n) is 1.51. The Balaban J connectivity index is 3.03. The Morgan fingerprint density at radius 1 is 1.46 bits per heavy atom. The van der Waals surface area contributed by atoms with Crippen molar-refractivity contribution in [3.05, 3.63) is 28.2 Å². The van der Waals surface area contributed by atoms with Gasteiger partial charge in [0.2, 0.25) is 0 Å². The largest absolute Gasteiger partial charge is 0.493 e. The van der Waals surface area contributed by atoms with Gasteiger partial charge in [-0.3, -0.25) is 0 Å². The van der Waals surface area contributed by atoms with Crippen LogP contribution in [0.4, 0.5) is 8.78 Å². The highest BCUT2D eigenvalue weighted by Crippen LogP contribution is 2.31. The van der Waals surface area contributed by atoms with E-state index in [9.17, 15) is 8.78 Å². The number of alkyl halides is 2. The van der Waals surface area contributed by atoms with Gasteiger partial charge in [0.1, 0.15) is 5.75 Å². The van der Waals surface area contributed by atoms with E-state index in [4.69, 9.17) is 4.74 Å². The number of halogens is 3. The second-order valence-corrected chi connectivity index (χ2v) is 3.33. The van der Waals surface area contributed by atoms with Crippen LogP contribution in [0.3, 0.4) is 0 Å². The fourth-order valence-corrected chi connectivity index (χ4v) is 1.31. The van der Waals surface area contributed by atoms with E-state index in [0.717, 1.165) is 4.47 Å². The topological polar surface area (TPSA) is 9.23 Å². The van der Waals surface area contributed by atoms with E-state index in [1.165, 1.54) is 6.07 Å². The zero-order chi connectivity index (χ0) is 9.84. The van der Waals surface area contributed by atoms with E-state index in [1.807, 2.05) is 0 Å². The summed E-state index contributed by atoms with van der Waals surface area (Å²) < 4.78 is 30.6. The monoisotopic (exact) mass is 250 g/mol. The van der Waals surface area contributed by atoms with Crippen molar-refractivity contribution in [1.82, 2.24) is 0 Å². The van der Waals surface area contributed by atoms with Crippen LogP contribution in [0, 0.1) is 0 Å². The standard InChI is InChI=1S/C9H9BrF2O/c1-2-13-8-5-6(10)3-4-7(8)9(11)12/h3-5,9H,2H2,1H3. The molecule has 0 aliphatic carbocycles. The zero-order valence-electron chi connectivity index (χ0n) is 7.06. The van der Waals surface area contributed by atoms with Crippen LogP contribution in [0.2, 0.25) is 0 Å². The summed E-state index contributed by atoms with van der Waals surface area (Å²) in [5.41, 5.74) is -0.0648. The molecule has 72 valence electrons. The molecule has 0 unspecified atom stereocenters. The van der Waals surface area contributed by atoms with Gasteiger partial charge < -0.3 is 4.74 Å². The van der Waals surface area contributed by atoms with E-state index in [2.05, 4.69) is 15.9 Å². The molecule has 13 heavy (non-hydrogen) atoms. The molecule has 0 spiro atoms. The van der Waals surface area contributed by atoms with Gasteiger partial charge >= 0.3 is 0 Å². The summed E-state index contributed by atoms with van der Waals surface area (Å²) in [7, 11) is 0. The van der Waals surface area contributed by atoms with Crippen molar-refractivity contribution in [2.75, 3.05) is 6.61 Å². The minimum absolute atomic E-state index is 0.0648. The second-order valence-electron chi connectivity index (χ2n) is 2.42. The minimum atomic E-state index is -2.49. The molecule has 1 aromatic rings. The highest BCUT2D eigenvalue weighted by atomic mass is 79.9. The van der Waals surface area contributed by atoms with Crippen LogP contribution < -0.4 is 4.74 Å². The molecular formula is C9H9BrF2O.